The number of hydrogen-bond donors (Lipinski definition) is 7. The van der Waals surface area contributed by atoms with E-state index in [1.165, 1.54) is 35.8 Å². The van der Waals surface area contributed by atoms with Gasteiger partial charge in [-0.1, -0.05) is 26.0 Å². The second kappa shape index (κ2) is 18.2. The van der Waals surface area contributed by atoms with E-state index in [2.05, 4.69) is 21.3 Å². The molecule has 15 nitrogen and oxygen atoms in total. The number of nitrogens with two attached hydrogens (primary N) is 1. The quantitative estimate of drug-likeness (QED) is 0.0720. The molecule has 1 aromatic carbocycles. The number of Topliss-reactive ketones (excluding diaryl/α,β-unsaturated/α-hetero) is 1. The second-order valence-corrected chi connectivity index (χ2v) is 13.3. The Labute approximate surface area is 287 Å². The van der Waals surface area contributed by atoms with Crippen molar-refractivity contribution in [3.63, 3.8) is 0 Å². The highest BCUT2D eigenvalue weighted by Crippen LogP contribution is 2.23. The van der Waals surface area contributed by atoms with Gasteiger partial charge in [0.1, 0.15) is 29.9 Å². The predicted molar refractivity (Wildman–Crippen MR) is 182 cm³/mol. The maximum Gasteiger partial charge on any atom is 0.245 e. The van der Waals surface area contributed by atoms with Gasteiger partial charge in [0.15, 0.2) is 11.7 Å². The molecule has 5 amide bonds. The molecular weight excluding hydrogens is 632 g/mol. The van der Waals surface area contributed by atoms with Gasteiger partial charge in [-0.2, -0.15) is 0 Å². The van der Waals surface area contributed by atoms with Crippen molar-refractivity contribution in [3.05, 3.63) is 29.8 Å². The van der Waals surface area contributed by atoms with E-state index in [1.54, 1.807) is 12.1 Å². The van der Waals surface area contributed by atoms with Crippen LogP contribution in [0.15, 0.2) is 24.3 Å². The molecule has 0 bridgehead atoms. The van der Waals surface area contributed by atoms with Crippen LogP contribution in [0.5, 0.6) is 5.75 Å². The summed E-state index contributed by atoms with van der Waals surface area (Å²) in [7, 11) is 0. The normalized spacial score (nSPS) is 19.1. The van der Waals surface area contributed by atoms with Crippen molar-refractivity contribution >= 4 is 41.3 Å². The Balaban J connectivity index is 1.77. The highest BCUT2D eigenvalue weighted by Gasteiger charge is 2.41. The molecular formula is C34H52N8O7. The lowest BCUT2D eigenvalue weighted by Gasteiger charge is -2.32. The van der Waals surface area contributed by atoms with Gasteiger partial charge < -0.3 is 41.9 Å². The van der Waals surface area contributed by atoms with Crippen molar-refractivity contribution < 1.29 is 33.9 Å². The van der Waals surface area contributed by atoms with Gasteiger partial charge in [0, 0.05) is 33.0 Å². The molecule has 2 aliphatic rings. The van der Waals surface area contributed by atoms with E-state index >= 15 is 0 Å². The standard InChI is InChI=1S/C34H52N8O7/c1-20(2)18-27(40-30(46)26(38-22(4)44)19-23-11-13-24(45)14-12-23)33(49)42-17-7-10-29(42)31(47)39-25(8-5-15-37-34(35)36)32(48)41-16-6-9-28(41)21(3)43/h11-14,20,25-29,45H,5-10,15-19H2,1-4H3,(H,38,44)(H,39,47)(H,40,46)(H4,35,36,37)/t25-,26-,27-,28-,29-/m0/s1. The van der Waals surface area contributed by atoms with Crippen LogP contribution in [-0.4, -0.2) is 106 Å². The minimum atomic E-state index is -0.990. The van der Waals surface area contributed by atoms with Gasteiger partial charge in [0.05, 0.1) is 6.04 Å². The Morgan fingerprint density at radius 3 is 2.04 bits per heavy atom. The van der Waals surface area contributed by atoms with Crippen LogP contribution in [0.4, 0.5) is 0 Å². The monoisotopic (exact) mass is 684 g/mol. The first-order chi connectivity index (χ1) is 23.2. The number of phenols is 1. The van der Waals surface area contributed by atoms with Crippen molar-refractivity contribution in [2.75, 3.05) is 19.6 Å². The smallest absolute Gasteiger partial charge is 0.245 e. The Morgan fingerprint density at radius 2 is 1.47 bits per heavy atom. The van der Waals surface area contributed by atoms with Gasteiger partial charge in [-0.25, -0.2) is 0 Å². The van der Waals surface area contributed by atoms with E-state index in [4.69, 9.17) is 11.1 Å². The number of hydrogen-bond acceptors (Lipinski definition) is 8. The third-order valence-electron chi connectivity index (χ3n) is 8.84. The molecule has 3 rings (SSSR count). The maximum atomic E-state index is 14.1. The molecule has 8 N–H and O–H groups in total. The second-order valence-electron chi connectivity index (χ2n) is 13.3. The molecule has 15 heteroatoms. The molecule has 2 saturated heterocycles. The Morgan fingerprint density at radius 1 is 0.878 bits per heavy atom. The minimum Gasteiger partial charge on any atom is -0.508 e. The number of guanidine groups is 1. The molecule has 2 heterocycles. The highest BCUT2D eigenvalue weighted by molar-refractivity contribution is 5.96. The van der Waals surface area contributed by atoms with Crippen molar-refractivity contribution in [2.24, 2.45) is 11.7 Å². The molecule has 5 atom stereocenters. The first kappa shape index (κ1) is 38.8. The molecule has 0 aliphatic carbocycles. The topological polar surface area (TPSA) is 227 Å². The molecule has 1 aromatic rings. The first-order valence-corrected chi connectivity index (χ1v) is 17.0. The third-order valence-corrected chi connectivity index (χ3v) is 8.84. The molecule has 0 saturated carbocycles. The van der Waals surface area contributed by atoms with E-state index in [0.717, 1.165) is 0 Å². The van der Waals surface area contributed by atoms with Crippen molar-refractivity contribution in [1.82, 2.24) is 31.1 Å². The van der Waals surface area contributed by atoms with Gasteiger partial charge in [0.25, 0.3) is 0 Å². The zero-order valence-electron chi connectivity index (χ0n) is 28.9. The van der Waals surface area contributed by atoms with Crippen LogP contribution in [0.2, 0.25) is 0 Å². The van der Waals surface area contributed by atoms with E-state index in [1.807, 2.05) is 13.8 Å². The van der Waals surface area contributed by atoms with Crippen LogP contribution in [-0.2, 0) is 35.2 Å². The minimum absolute atomic E-state index is 0.000686. The van der Waals surface area contributed by atoms with Crippen LogP contribution in [0, 0.1) is 11.3 Å². The van der Waals surface area contributed by atoms with Crippen LogP contribution in [0.1, 0.15) is 78.2 Å². The van der Waals surface area contributed by atoms with Gasteiger partial charge in [-0.3, -0.25) is 34.2 Å². The van der Waals surface area contributed by atoms with E-state index in [9.17, 15) is 33.9 Å². The summed E-state index contributed by atoms with van der Waals surface area (Å²) in [5.41, 5.74) is 6.08. The number of ketones is 1. The number of likely N-dealkylation sites (tertiary alicyclic amines) is 2. The fourth-order valence-electron chi connectivity index (χ4n) is 6.50. The van der Waals surface area contributed by atoms with Crippen LogP contribution in [0.3, 0.4) is 0 Å². The zero-order valence-corrected chi connectivity index (χ0v) is 28.9. The van der Waals surface area contributed by atoms with E-state index in [0.29, 0.717) is 50.8 Å². The van der Waals surface area contributed by atoms with Crippen molar-refractivity contribution in [1.29, 1.82) is 5.41 Å². The summed E-state index contributed by atoms with van der Waals surface area (Å²) in [6, 6.07) is 1.89. The van der Waals surface area contributed by atoms with Gasteiger partial charge in [-0.05, 0) is 75.5 Å². The number of nitrogens with one attached hydrogen (secondary N) is 5. The Hall–Kier alpha value is -4.69. The summed E-state index contributed by atoms with van der Waals surface area (Å²) in [4.78, 5) is 82.3. The summed E-state index contributed by atoms with van der Waals surface area (Å²) in [5.74, 6) is -2.56. The maximum absolute atomic E-state index is 14.1. The number of phenolic OH excluding ortho intramolecular Hbond substituents is 1. The fourth-order valence-corrected chi connectivity index (χ4v) is 6.50. The largest absolute Gasteiger partial charge is 0.508 e. The number of rotatable bonds is 16. The highest BCUT2D eigenvalue weighted by atomic mass is 16.3. The zero-order chi connectivity index (χ0) is 36.2. The third kappa shape index (κ3) is 11.5. The molecule has 2 aliphatic heterocycles. The summed E-state index contributed by atoms with van der Waals surface area (Å²) in [5, 5.41) is 28.0. The predicted octanol–water partition coefficient (Wildman–Crippen LogP) is 0.289. The van der Waals surface area contributed by atoms with Gasteiger partial charge >= 0.3 is 0 Å². The number of benzene rings is 1. The number of carbonyl (C=O) groups is 6. The summed E-state index contributed by atoms with van der Waals surface area (Å²) >= 11 is 0. The van der Waals surface area contributed by atoms with Gasteiger partial charge in [0.2, 0.25) is 29.5 Å². The average molecular weight is 685 g/mol. The molecule has 270 valence electrons. The summed E-state index contributed by atoms with van der Waals surface area (Å²) in [6.07, 6.45) is 3.18. The average Bonchev–Trinajstić information content (AvgIpc) is 3.72. The fraction of sp³-hybridized carbons (Fsp3) is 0.618. The lowest BCUT2D eigenvalue weighted by Crippen LogP contribution is -2.58. The van der Waals surface area contributed by atoms with Crippen molar-refractivity contribution in [3.8, 4) is 5.75 Å². The molecule has 0 aromatic heterocycles. The summed E-state index contributed by atoms with van der Waals surface area (Å²) in [6.45, 7) is 7.55. The molecule has 0 spiro atoms. The molecule has 49 heavy (non-hydrogen) atoms. The number of nitrogens with zero attached hydrogens (tertiary/aromatic N) is 2. The number of carbonyl (C=O) groups excluding carboxylic acids is 6. The van der Waals surface area contributed by atoms with Crippen LogP contribution >= 0.6 is 0 Å². The van der Waals surface area contributed by atoms with E-state index < -0.39 is 53.8 Å². The molecule has 0 unspecified atom stereocenters. The SMILES string of the molecule is CC(=O)N[C@@H](Cc1ccc(O)cc1)C(=O)N[C@@H](CC(C)C)C(=O)N1CCC[C@H]1C(=O)N[C@@H](CCCNC(=N)N)C(=O)N1CCC[C@H]1C(C)=O. The van der Waals surface area contributed by atoms with Gasteiger partial charge in [-0.15, -0.1) is 0 Å². The number of amides is 5. The Bertz CT molecular complexity index is 1370. The Kier molecular flexibility index (Phi) is 14.4. The van der Waals surface area contributed by atoms with E-state index in [-0.39, 0.29) is 55.1 Å². The lowest BCUT2D eigenvalue weighted by atomic mass is 10.00. The number of aromatic hydroxyl groups is 1. The van der Waals surface area contributed by atoms with Crippen LogP contribution < -0.4 is 27.0 Å². The first-order valence-electron chi connectivity index (χ1n) is 17.0. The molecule has 2 fully saturated rings. The lowest BCUT2D eigenvalue weighted by molar-refractivity contribution is -0.144. The van der Waals surface area contributed by atoms with Crippen LogP contribution in [0.25, 0.3) is 0 Å². The summed E-state index contributed by atoms with van der Waals surface area (Å²) < 4.78 is 0. The van der Waals surface area contributed by atoms with Crippen molar-refractivity contribution in [2.45, 2.75) is 109 Å². The molecule has 0 radical (unpaired) electrons.